The van der Waals surface area contributed by atoms with Gasteiger partial charge in [0.05, 0.1) is 0 Å². The maximum absolute atomic E-state index is 10.9. The van der Waals surface area contributed by atoms with Crippen molar-refractivity contribution in [2.75, 3.05) is 0 Å². The number of hydrogen-bond acceptors (Lipinski definition) is 2. The van der Waals surface area contributed by atoms with E-state index in [0.29, 0.717) is 0 Å². The smallest absolute Gasteiger partial charge is 0.330 e. The van der Waals surface area contributed by atoms with Gasteiger partial charge in [-0.2, -0.15) is 0 Å². The Bertz CT molecular complexity index is 179. The van der Waals surface area contributed by atoms with E-state index < -0.39 is 0 Å². The second kappa shape index (κ2) is 5.05. The highest BCUT2D eigenvalue weighted by atomic mass is 16.5. The van der Waals surface area contributed by atoms with Gasteiger partial charge in [0, 0.05) is 6.08 Å². The molecule has 1 fully saturated rings. The van der Waals surface area contributed by atoms with Gasteiger partial charge in [0.1, 0.15) is 6.10 Å². The Labute approximate surface area is 80.0 Å². The molecule has 0 unspecified atom stereocenters. The van der Waals surface area contributed by atoms with Gasteiger partial charge in [-0.1, -0.05) is 19.9 Å². The molecule has 0 radical (unpaired) electrons. The van der Waals surface area contributed by atoms with E-state index in [0.717, 1.165) is 18.8 Å². The molecule has 2 heteroatoms. The highest BCUT2D eigenvalue weighted by Gasteiger charge is 2.21. The highest BCUT2D eigenvalue weighted by Crippen LogP contribution is 2.28. The summed E-state index contributed by atoms with van der Waals surface area (Å²) in [6, 6.07) is 0. The predicted molar refractivity (Wildman–Crippen MR) is 52.3 cm³/mol. The minimum absolute atomic E-state index is 0.147. The van der Waals surface area contributed by atoms with Crippen LogP contribution in [0.25, 0.3) is 0 Å². The largest absolute Gasteiger partial charge is 0.459 e. The van der Waals surface area contributed by atoms with Crippen molar-refractivity contribution in [2.45, 2.75) is 45.1 Å². The third kappa shape index (κ3) is 3.21. The van der Waals surface area contributed by atoms with Crippen LogP contribution in [-0.4, -0.2) is 12.1 Å². The fraction of sp³-hybridized carbons (Fsp3) is 0.727. The van der Waals surface area contributed by atoms with Crippen molar-refractivity contribution in [3.63, 3.8) is 0 Å². The van der Waals surface area contributed by atoms with Gasteiger partial charge in [0.15, 0.2) is 0 Å². The molecule has 0 aromatic heterocycles. The lowest BCUT2D eigenvalue weighted by molar-refractivity contribution is -0.144. The van der Waals surface area contributed by atoms with Crippen molar-refractivity contribution in [3.05, 3.63) is 12.7 Å². The van der Waals surface area contributed by atoms with E-state index >= 15 is 0 Å². The molecule has 13 heavy (non-hydrogen) atoms. The quantitative estimate of drug-likeness (QED) is 0.495. The lowest BCUT2D eigenvalue weighted by Gasteiger charge is -2.27. The van der Waals surface area contributed by atoms with Crippen molar-refractivity contribution in [1.82, 2.24) is 0 Å². The molecule has 1 aliphatic carbocycles. The Morgan fingerprint density at radius 1 is 1.46 bits per heavy atom. The van der Waals surface area contributed by atoms with Crippen molar-refractivity contribution in [1.29, 1.82) is 0 Å². The molecule has 0 aliphatic heterocycles. The first kappa shape index (κ1) is 10.3. The van der Waals surface area contributed by atoms with Gasteiger partial charge < -0.3 is 4.74 Å². The predicted octanol–water partition coefficient (Wildman–Crippen LogP) is 2.68. The summed E-state index contributed by atoms with van der Waals surface area (Å²) in [7, 11) is 0. The maximum atomic E-state index is 10.9. The Morgan fingerprint density at radius 2 is 2.08 bits per heavy atom. The molecular weight excluding hydrogens is 164 g/mol. The van der Waals surface area contributed by atoms with Gasteiger partial charge in [-0.05, 0) is 31.6 Å². The number of carbonyl (C=O) groups excluding carboxylic acids is 1. The number of rotatable bonds is 3. The molecule has 2 nitrogen and oxygen atoms in total. The zero-order valence-electron chi connectivity index (χ0n) is 8.29. The molecule has 1 saturated carbocycles. The summed E-state index contributed by atoms with van der Waals surface area (Å²) < 4.78 is 5.18. The fourth-order valence-corrected chi connectivity index (χ4v) is 1.87. The minimum atomic E-state index is -0.278. The van der Waals surface area contributed by atoms with Crippen LogP contribution in [0.5, 0.6) is 0 Å². The summed E-state index contributed by atoms with van der Waals surface area (Å²) in [6.07, 6.45) is 7.09. The van der Waals surface area contributed by atoms with E-state index in [9.17, 15) is 4.79 Å². The molecule has 0 aromatic rings. The fourth-order valence-electron chi connectivity index (χ4n) is 1.87. The Balaban J connectivity index is 2.24. The zero-order chi connectivity index (χ0) is 9.68. The number of ether oxygens (including phenoxy) is 1. The molecule has 0 spiro atoms. The van der Waals surface area contributed by atoms with Gasteiger partial charge in [-0.25, -0.2) is 4.79 Å². The van der Waals surface area contributed by atoms with Crippen LogP contribution in [-0.2, 0) is 9.53 Å². The molecule has 0 amide bonds. The monoisotopic (exact) mass is 182 g/mol. The first-order valence-corrected chi connectivity index (χ1v) is 5.09. The molecule has 0 saturated heterocycles. The molecule has 1 aliphatic rings. The summed E-state index contributed by atoms with van der Waals surface area (Å²) in [5.74, 6) is 0.568. The highest BCUT2D eigenvalue weighted by molar-refractivity contribution is 5.81. The summed E-state index contributed by atoms with van der Waals surface area (Å²) in [5.41, 5.74) is 0. The van der Waals surface area contributed by atoms with E-state index in [1.54, 1.807) is 0 Å². The summed E-state index contributed by atoms with van der Waals surface area (Å²) >= 11 is 0. The molecule has 1 rings (SSSR count). The molecule has 0 atom stereocenters. The van der Waals surface area contributed by atoms with E-state index in [1.807, 2.05) is 0 Å². The maximum Gasteiger partial charge on any atom is 0.330 e. The van der Waals surface area contributed by atoms with Crippen LogP contribution in [0.3, 0.4) is 0 Å². The zero-order valence-corrected chi connectivity index (χ0v) is 8.29. The first-order valence-electron chi connectivity index (χ1n) is 5.09. The van der Waals surface area contributed by atoms with Crippen LogP contribution in [0.2, 0.25) is 0 Å². The molecule has 0 heterocycles. The second-order valence-electron chi connectivity index (χ2n) is 3.69. The van der Waals surface area contributed by atoms with Gasteiger partial charge in [-0.3, -0.25) is 0 Å². The van der Waals surface area contributed by atoms with Gasteiger partial charge in [-0.15, -0.1) is 0 Å². The van der Waals surface area contributed by atoms with Gasteiger partial charge in [0.2, 0.25) is 0 Å². The van der Waals surface area contributed by atoms with Crippen molar-refractivity contribution in [2.24, 2.45) is 5.92 Å². The molecular formula is C11H18O2. The number of carbonyl (C=O) groups is 1. The Hall–Kier alpha value is -0.790. The normalized spacial score (nSPS) is 28.1. The third-order valence-electron chi connectivity index (χ3n) is 2.82. The third-order valence-corrected chi connectivity index (χ3v) is 2.82. The van der Waals surface area contributed by atoms with Crippen LogP contribution in [0.4, 0.5) is 0 Å². The van der Waals surface area contributed by atoms with Crippen molar-refractivity contribution >= 4 is 5.97 Å². The van der Waals surface area contributed by atoms with Crippen LogP contribution in [0.15, 0.2) is 12.7 Å². The van der Waals surface area contributed by atoms with Crippen LogP contribution in [0, 0.1) is 5.92 Å². The van der Waals surface area contributed by atoms with Gasteiger partial charge >= 0.3 is 5.97 Å². The van der Waals surface area contributed by atoms with Crippen LogP contribution >= 0.6 is 0 Å². The summed E-state index contributed by atoms with van der Waals surface area (Å²) in [5, 5.41) is 0. The number of hydrogen-bond donors (Lipinski definition) is 0. The molecule has 74 valence electrons. The van der Waals surface area contributed by atoms with E-state index in [4.69, 9.17) is 4.74 Å². The van der Waals surface area contributed by atoms with Crippen molar-refractivity contribution < 1.29 is 9.53 Å². The number of esters is 1. The lowest BCUT2D eigenvalue weighted by atomic mass is 9.86. The molecule has 0 bridgehead atoms. The lowest BCUT2D eigenvalue weighted by Crippen LogP contribution is -2.23. The van der Waals surface area contributed by atoms with Crippen LogP contribution < -0.4 is 0 Å². The van der Waals surface area contributed by atoms with E-state index in [1.165, 1.54) is 25.3 Å². The van der Waals surface area contributed by atoms with Gasteiger partial charge in [0.25, 0.3) is 0 Å². The summed E-state index contributed by atoms with van der Waals surface area (Å²) in [6.45, 7) is 5.61. The molecule has 0 aromatic carbocycles. The summed E-state index contributed by atoms with van der Waals surface area (Å²) in [4.78, 5) is 10.9. The molecule has 0 N–H and O–H groups in total. The SMILES string of the molecule is C=CC(=O)OC1CCC(CC)CC1. The minimum Gasteiger partial charge on any atom is -0.459 e. The topological polar surface area (TPSA) is 26.3 Å². The first-order chi connectivity index (χ1) is 6.26. The Morgan fingerprint density at radius 3 is 2.54 bits per heavy atom. The average molecular weight is 182 g/mol. The standard InChI is InChI=1S/C11H18O2/c1-3-9-5-7-10(8-6-9)13-11(12)4-2/h4,9-10H,2-3,5-8H2,1H3. The van der Waals surface area contributed by atoms with Crippen molar-refractivity contribution in [3.8, 4) is 0 Å². The second-order valence-corrected chi connectivity index (χ2v) is 3.69. The van der Waals surface area contributed by atoms with Crippen LogP contribution in [0.1, 0.15) is 39.0 Å². The average Bonchev–Trinajstić information content (AvgIpc) is 2.19. The Kier molecular flexibility index (Phi) is 4.00. The van der Waals surface area contributed by atoms with E-state index in [-0.39, 0.29) is 12.1 Å². The van der Waals surface area contributed by atoms with E-state index in [2.05, 4.69) is 13.5 Å².